The van der Waals surface area contributed by atoms with Gasteiger partial charge in [-0.3, -0.25) is 0 Å². The lowest BCUT2D eigenvalue weighted by Crippen LogP contribution is -2.48. The molecule has 5 nitrogen and oxygen atoms in total. The maximum atomic E-state index is 12.5. The molecule has 0 aromatic heterocycles. The van der Waals surface area contributed by atoms with Gasteiger partial charge in [-0.2, -0.15) is 4.31 Å². The number of morpholine rings is 1. The van der Waals surface area contributed by atoms with Crippen LogP contribution in [0.3, 0.4) is 0 Å². The van der Waals surface area contributed by atoms with Gasteiger partial charge in [-0.25, -0.2) is 8.42 Å². The highest BCUT2D eigenvalue weighted by molar-refractivity contribution is 7.88. The van der Waals surface area contributed by atoms with Gasteiger partial charge in [-0.15, -0.1) is 0 Å². The Morgan fingerprint density at radius 1 is 1.29 bits per heavy atom. The first-order chi connectivity index (χ1) is 9.78. The first-order valence-electron chi connectivity index (χ1n) is 6.80. The van der Waals surface area contributed by atoms with E-state index >= 15 is 0 Å². The summed E-state index contributed by atoms with van der Waals surface area (Å²) in [6, 6.07) is 6.99. The minimum absolute atomic E-state index is 0.0238. The van der Waals surface area contributed by atoms with Gasteiger partial charge >= 0.3 is 0 Å². The van der Waals surface area contributed by atoms with Crippen LogP contribution in [-0.2, 0) is 20.5 Å². The minimum Gasteiger partial charge on any atom is -0.389 e. The molecule has 116 valence electrons. The van der Waals surface area contributed by atoms with Crippen molar-refractivity contribution in [1.29, 1.82) is 0 Å². The van der Waals surface area contributed by atoms with E-state index in [0.717, 1.165) is 11.1 Å². The molecule has 1 aliphatic rings. The van der Waals surface area contributed by atoms with E-state index in [0.29, 0.717) is 18.1 Å². The zero-order valence-corrected chi connectivity index (χ0v) is 13.8. The number of nitrogens with zero attached hydrogens (tertiary/aromatic N) is 1. The van der Waals surface area contributed by atoms with Gasteiger partial charge in [0.1, 0.15) is 4.99 Å². The average Bonchev–Trinajstić information content (AvgIpc) is 2.37. The molecule has 1 aromatic rings. The Balaban J connectivity index is 2.11. The van der Waals surface area contributed by atoms with Crippen molar-refractivity contribution in [1.82, 2.24) is 4.31 Å². The van der Waals surface area contributed by atoms with Crippen molar-refractivity contribution in [2.24, 2.45) is 5.73 Å². The molecule has 1 heterocycles. The molecule has 2 rings (SSSR count). The number of nitrogens with two attached hydrogens (primary N) is 1. The van der Waals surface area contributed by atoms with Gasteiger partial charge in [0.15, 0.2) is 0 Å². The van der Waals surface area contributed by atoms with E-state index < -0.39 is 10.0 Å². The van der Waals surface area contributed by atoms with Gasteiger partial charge in [0.2, 0.25) is 10.0 Å². The summed E-state index contributed by atoms with van der Waals surface area (Å²) < 4.78 is 32.0. The van der Waals surface area contributed by atoms with Gasteiger partial charge in [-0.1, -0.05) is 36.5 Å². The number of benzene rings is 1. The molecule has 0 bridgehead atoms. The van der Waals surface area contributed by atoms with Crippen LogP contribution in [0, 0.1) is 0 Å². The molecular formula is C14H20N2O3S2. The molecule has 1 saturated heterocycles. The Morgan fingerprint density at radius 3 is 2.29 bits per heavy atom. The lowest BCUT2D eigenvalue weighted by Gasteiger charge is -2.34. The molecule has 2 unspecified atom stereocenters. The van der Waals surface area contributed by atoms with Crippen molar-refractivity contribution in [3.63, 3.8) is 0 Å². The summed E-state index contributed by atoms with van der Waals surface area (Å²) in [6.07, 6.45) is -0.166. The molecular weight excluding hydrogens is 308 g/mol. The molecule has 0 spiro atoms. The number of hydrogen-bond acceptors (Lipinski definition) is 4. The topological polar surface area (TPSA) is 72.6 Å². The molecule has 0 saturated carbocycles. The van der Waals surface area contributed by atoms with Crippen molar-refractivity contribution in [3.05, 3.63) is 35.4 Å². The molecule has 21 heavy (non-hydrogen) atoms. The van der Waals surface area contributed by atoms with Crippen molar-refractivity contribution in [2.75, 3.05) is 13.1 Å². The first kappa shape index (κ1) is 16.4. The number of hydrogen-bond donors (Lipinski definition) is 1. The highest BCUT2D eigenvalue weighted by Crippen LogP contribution is 2.18. The maximum Gasteiger partial charge on any atom is 0.218 e. The van der Waals surface area contributed by atoms with Crippen molar-refractivity contribution >= 4 is 27.2 Å². The largest absolute Gasteiger partial charge is 0.389 e. The maximum absolute atomic E-state index is 12.5. The zero-order valence-electron chi connectivity index (χ0n) is 12.2. The van der Waals surface area contributed by atoms with Gasteiger partial charge in [0.25, 0.3) is 0 Å². The lowest BCUT2D eigenvalue weighted by molar-refractivity contribution is -0.0441. The summed E-state index contributed by atoms with van der Waals surface area (Å²) in [4.78, 5) is 0.306. The Bertz CT molecular complexity index is 604. The third-order valence-electron chi connectivity index (χ3n) is 3.37. The Morgan fingerprint density at radius 2 is 1.81 bits per heavy atom. The van der Waals surface area contributed by atoms with E-state index in [1.165, 1.54) is 4.31 Å². The Labute approximate surface area is 131 Å². The van der Waals surface area contributed by atoms with Gasteiger partial charge < -0.3 is 10.5 Å². The molecule has 2 atom stereocenters. The van der Waals surface area contributed by atoms with E-state index in [1.54, 1.807) is 24.3 Å². The van der Waals surface area contributed by atoms with Crippen molar-refractivity contribution in [3.8, 4) is 0 Å². The fourth-order valence-electron chi connectivity index (χ4n) is 2.42. The third kappa shape index (κ3) is 4.23. The van der Waals surface area contributed by atoms with E-state index in [1.807, 2.05) is 13.8 Å². The first-order valence-corrected chi connectivity index (χ1v) is 8.81. The number of thiocarbonyl (C=S) groups is 1. The van der Waals surface area contributed by atoms with E-state index in [2.05, 4.69) is 0 Å². The lowest BCUT2D eigenvalue weighted by atomic mass is 10.1. The van der Waals surface area contributed by atoms with E-state index in [-0.39, 0.29) is 18.0 Å². The molecule has 1 fully saturated rings. The van der Waals surface area contributed by atoms with Gasteiger partial charge in [0.05, 0.1) is 18.0 Å². The summed E-state index contributed by atoms with van der Waals surface area (Å²) in [5.74, 6) is -0.0238. The van der Waals surface area contributed by atoms with Crippen LogP contribution in [0.4, 0.5) is 0 Å². The fraction of sp³-hybridized carbons (Fsp3) is 0.500. The second kappa shape index (κ2) is 6.39. The van der Waals surface area contributed by atoms with E-state index in [4.69, 9.17) is 22.7 Å². The van der Waals surface area contributed by atoms with Crippen LogP contribution in [-0.4, -0.2) is 43.0 Å². The van der Waals surface area contributed by atoms with Crippen LogP contribution < -0.4 is 5.73 Å². The molecule has 0 aliphatic carbocycles. The normalized spacial score (nSPS) is 23.9. The number of rotatable bonds is 4. The average molecular weight is 328 g/mol. The van der Waals surface area contributed by atoms with Crippen molar-refractivity contribution in [2.45, 2.75) is 31.8 Å². The van der Waals surface area contributed by atoms with Crippen LogP contribution >= 0.6 is 12.2 Å². The highest BCUT2D eigenvalue weighted by atomic mass is 32.2. The molecule has 2 N–H and O–H groups in total. The Kier molecular flexibility index (Phi) is 4.98. The summed E-state index contributed by atoms with van der Waals surface area (Å²) in [7, 11) is -3.35. The standard InChI is InChI=1S/C14H20N2O3S2/c1-10-7-16(8-11(2)19-10)21(17,18)9-12-3-5-13(6-4-12)14(15)20/h3-6,10-11H,7-9H2,1-2H3,(H2,15,20). The van der Waals surface area contributed by atoms with Crippen LogP contribution in [0.5, 0.6) is 0 Å². The molecule has 1 aromatic carbocycles. The highest BCUT2D eigenvalue weighted by Gasteiger charge is 2.30. The molecule has 0 amide bonds. The second-order valence-electron chi connectivity index (χ2n) is 5.39. The van der Waals surface area contributed by atoms with Crippen LogP contribution in [0.25, 0.3) is 0 Å². The predicted octanol–water partition coefficient (Wildman–Crippen LogP) is 1.26. The SMILES string of the molecule is CC1CN(S(=O)(=O)Cc2ccc(C(N)=S)cc2)CC(C)O1. The summed E-state index contributed by atoms with van der Waals surface area (Å²) in [6.45, 7) is 4.57. The van der Waals surface area contributed by atoms with Crippen molar-refractivity contribution < 1.29 is 13.2 Å². The van der Waals surface area contributed by atoms with Gasteiger partial charge in [-0.05, 0) is 19.4 Å². The van der Waals surface area contributed by atoms with E-state index in [9.17, 15) is 8.42 Å². The molecule has 0 radical (unpaired) electrons. The smallest absolute Gasteiger partial charge is 0.218 e. The number of sulfonamides is 1. The molecule has 7 heteroatoms. The molecule has 1 aliphatic heterocycles. The van der Waals surface area contributed by atoms with Crippen LogP contribution in [0.15, 0.2) is 24.3 Å². The fourth-order valence-corrected chi connectivity index (χ4v) is 4.23. The summed E-state index contributed by atoms with van der Waals surface area (Å²) in [5, 5.41) is 0. The monoisotopic (exact) mass is 328 g/mol. The Hall–Kier alpha value is -1.02. The third-order valence-corrected chi connectivity index (χ3v) is 5.39. The minimum atomic E-state index is -3.35. The summed E-state index contributed by atoms with van der Waals surface area (Å²) in [5.41, 5.74) is 6.99. The second-order valence-corrected chi connectivity index (χ2v) is 7.80. The van der Waals surface area contributed by atoms with Crippen LogP contribution in [0.1, 0.15) is 25.0 Å². The zero-order chi connectivity index (χ0) is 15.6. The predicted molar refractivity (Wildman–Crippen MR) is 86.5 cm³/mol. The summed E-state index contributed by atoms with van der Waals surface area (Å²) >= 11 is 4.88. The number of ether oxygens (including phenoxy) is 1. The van der Waals surface area contributed by atoms with Gasteiger partial charge in [0, 0.05) is 18.7 Å². The van der Waals surface area contributed by atoms with Crippen LogP contribution in [0.2, 0.25) is 0 Å². The quantitative estimate of drug-likeness (QED) is 0.843.